The van der Waals surface area contributed by atoms with Gasteiger partial charge in [0.2, 0.25) is 5.91 Å². The Morgan fingerprint density at radius 1 is 1.26 bits per heavy atom. The number of thioether (sulfide) groups is 1. The average molecular weight is 391 g/mol. The van der Waals surface area contributed by atoms with Gasteiger partial charge >= 0.3 is 0 Å². The molecule has 1 aliphatic heterocycles. The number of carbonyl (C=O) groups is 1. The monoisotopic (exact) mass is 390 g/mol. The van der Waals surface area contributed by atoms with Gasteiger partial charge in [-0.3, -0.25) is 4.79 Å². The van der Waals surface area contributed by atoms with Crippen molar-refractivity contribution in [2.45, 2.75) is 50.4 Å². The molecule has 27 heavy (non-hydrogen) atoms. The van der Waals surface area contributed by atoms with Gasteiger partial charge in [0.1, 0.15) is 17.3 Å². The highest BCUT2D eigenvalue weighted by molar-refractivity contribution is 7.99. The molecule has 1 atom stereocenters. The van der Waals surface area contributed by atoms with Gasteiger partial charge in [-0.15, -0.1) is 10.2 Å². The Bertz CT molecular complexity index is 793. The molecule has 0 fully saturated rings. The fourth-order valence-electron chi connectivity index (χ4n) is 3.23. The highest BCUT2D eigenvalue weighted by Crippen LogP contribution is 2.29. The van der Waals surface area contributed by atoms with E-state index in [-0.39, 0.29) is 11.9 Å². The zero-order valence-corrected chi connectivity index (χ0v) is 16.8. The molecule has 1 aromatic heterocycles. The first-order valence-electron chi connectivity index (χ1n) is 9.18. The molecular weight excluding hydrogens is 364 g/mol. The summed E-state index contributed by atoms with van der Waals surface area (Å²) >= 11 is 1.44. The number of aryl methyl sites for hydroxylation is 1. The number of carbonyl (C=O) groups excluding carboxylic acids is 1. The molecule has 7 nitrogen and oxygen atoms in total. The molecule has 2 aromatic rings. The summed E-state index contributed by atoms with van der Waals surface area (Å²) in [5, 5.41) is 12.4. The number of amides is 1. The van der Waals surface area contributed by atoms with E-state index in [0.717, 1.165) is 53.9 Å². The highest BCUT2D eigenvalue weighted by atomic mass is 32.2. The lowest BCUT2D eigenvalue weighted by atomic mass is 10.1. The molecule has 0 bridgehead atoms. The molecule has 1 N–H and O–H groups in total. The van der Waals surface area contributed by atoms with Gasteiger partial charge < -0.3 is 19.4 Å². The van der Waals surface area contributed by atoms with Gasteiger partial charge in [0.15, 0.2) is 5.16 Å². The largest absolute Gasteiger partial charge is 0.497 e. The van der Waals surface area contributed by atoms with Crippen LogP contribution in [0.1, 0.15) is 43.6 Å². The van der Waals surface area contributed by atoms with Crippen LogP contribution in [0.5, 0.6) is 11.5 Å². The van der Waals surface area contributed by atoms with E-state index >= 15 is 0 Å². The number of fused-ring (bicyclic) bond motifs is 1. The summed E-state index contributed by atoms with van der Waals surface area (Å²) in [4.78, 5) is 12.5. The Labute approximate surface area is 163 Å². The maximum absolute atomic E-state index is 12.5. The van der Waals surface area contributed by atoms with Crippen LogP contribution in [0.4, 0.5) is 0 Å². The molecule has 0 radical (unpaired) electrons. The van der Waals surface area contributed by atoms with E-state index in [4.69, 9.17) is 9.47 Å². The number of ether oxygens (including phenoxy) is 2. The maximum Gasteiger partial charge on any atom is 0.230 e. The van der Waals surface area contributed by atoms with Crippen LogP contribution in [0.3, 0.4) is 0 Å². The summed E-state index contributed by atoms with van der Waals surface area (Å²) in [6.45, 7) is 2.87. The summed E-state index contributed by atoms with van der Waals surface area (Å²) in [5.41, 5.74) is 0.881. The van der Waals surface area contributed by atoms with Gasteiger partial charge in [-0.1, -0.05) is 18.2 Å². The molecule has 1 unspecified atom stereocenters. The van der Waals surface area contributed by atoms with Crippen LogP contribution in [0, 0.1) is 0 Å². The Morgan fingerprint density at radius 3 is 2.89 bits per heavy atom. The second kappa shape index (κ2) is 9.12. The zero-order valence-electron chi connectivity index (χ0n) is 16.0. The summed E-state index contributed by atoms with van der Waals surface area (Å²) in [5.74, 6) is 2.73. The van der Waals surface area contributed by atoms with Crippen molar-refractivity contribution in [3.05, 3.63) is 29.6 Å². The summed E-state index contributed by atoms with van der Waals surface area (Å²) in [6, 6.07) is 5.37. The van der Waals surface area contributed by atoms with E-state index in [9.17, 15) is 4.79 Å². The SMILES string of the molecule is COc1ccc(OC)c(C(C)NC(=O)CSc2nnc3n2CCCCC3)c1. The van der Waals surface area contributed by atoms with Crippen LogP contribution >= 0.6 is 11.8 Å². The maximum atomic E-state index is 12.5. The van der Waals surface area contributed by atoms with Crippen molar-refractivity contribution in [1.82, 2.24) is 20.1 Å². The van der Waals surface area contributed by atoms with Gasteiger partial charge in [0.05, 0.1) is 26.0 Å². The lowest BCUT2D eigenvalue weighted by Gasteiger charge is -2.18. The summed E-state index contributed by atoms with van der Waals surface area (Å²) in [7, 11) is 3.24. The third kappa shape index (κ3) is 4.74. The van der Waals surface area contributed by atoms with Crippen LogP contribution in [0.15, 0.2) is 23.4 Å². The number of aromatic nitrogens is 3. The first-order chi connectivity index (χ1) is 13.1. The van der Waals surface area contributed by atoms with Crippen molar-refractivity contribution in [2.24, 2.45) is 0 Å². The molecule has 1 amide bonds. The van der Waals surface area contributed by atoms with Crippen LogP contribution in [0.2, 0.25) is 0 Å². The van der Waals surface area contributed by atoms with Gasteiger partial charge in [-0.05, 0) is 38.0 Å². The van der Waals surface area contributed by atoms with E-state index < -0.39 is 0 Å². The molecule has 1 aromatic carbocycles. The summed E-state index contributed by atoms with van der Waals surface area (Å²) < 4.78 is 12.8. The third-order valence-electron chi connectivity index (χ3n) is 4.69. The molecule has 0 saturated heterocycles. The van der Waals surface area contributed by atoms with Crippen molar-refractivity contribution >= 4 is 17.7 Å². The van der Waals surface area contributed by atoms with E-state index in [0.29, 0.717) is 5.75 Å². The predicted molar refractivity (Wildman–Crippen MR) is 104 cm³/mol. The van der Waals surface area contributed by atoms with Gasteiger partial charge in [0.25, 0.3) is 0 Å². The molecule has 0 saturated carbocycles. The molecule has 0 spiro atoms. The average Bonchev–Trinajstić information content (AvgIpc) is 2.91. The number of rotatable bonds is 7. The molecule has 2 heterocycles. The van der Waals surface area contributed by atoms with Crippen molar-refractivity contribution < 1.29 is 14.3 Å². The minimum atomic E-state index is -0.196. The predicted octanol–water partition coefficient (Wildman–Crippen LogP) is 2.99. The number of hydrogen-bond acceptors (Lipinski definition) is 6. The minimum absolute atomic E-state index is 0.0525. The quantitative estimate of drug-likeness (QED) is 0.733. The fourth-order valence-corrected chi connectivity index (χ4v) is 4.03. The van der Waals surface area contributed by atoms with Crippen LogP contribution in [-0.4, -0.2) is 40.6 Å². The Morgan fingerprint density at radius 2 is 2.11 bits per heavy atom. The second-order valence-corrected chi connectivity index (χ2v) is 7.49. The molecule has 1 aliphatic rings. The number of nitrogens with one attached hydrogen (secondary N) is 1. The second-order valence-electron chi connectivity index (χ2n) is 6.55. The van der Waals surface area contributed by atoms with E-state index in [2.05, 4.69) is 20.1 Å². The number of benzene rings is 1. The summed E-state index contributed by atoms with van der Waals surface area (Å²) in [6.07, 6.45) is 4.47. The van der Waals surface area contributed by atoms with Gasteiger partial charge in [-0.25, -0.2) is 0 Å². The fraction of sp³-hybridized carbons (Fsp3) is 0.526. The van der Waals surface area contributed by atoms with Crippen LogP contribution < -0.4 is 14.8 Å². The minimum Gasteiger partial charge on any atom is -0.497 e. The van der Waals surface area contributed by atoms with E-state index in [1.54, 1.807) is 14.2 Å². The Hall–Kier alpha value is -2.22. The first-order valence-corrected chi connectivity index (χ1v) is 10.2. The zero-order chi connectivity index (χ0) is 19.2. The highest BCUT2D eigenvalue weighted by Gasteiger charge is 2.18. The molecule has 146 valence electrons. The standard InChI is InChI=1S/C19H26N4O3S/c1-13(15-11-14(25-2)8-9-16(15)26-3)20-18(24)12-27-19-22-21-17-7-5-4-6-10-23(17)19/h8-9,11,13H,4-7,10,12H2,1-3H3,(H,20,24). The van der Waals surface area contributed by atoms with Crippen LogP contribution in [-0.2, 0) is 17.8 Å². The van der Waals surface area contributed by atoms with Crippen molar-refractivity contribution in [1.29, 1.82) is 0 Å². The van der Waals surface area contributed by atoms with Gasteiger partial charge in [0, 0.05) is 18.5 Å². The normalized spacial score (nSPS) is 14.8. The third-order valence-corrected chi connectivity index (χ3v) is 5.66. The lowest BCUT2D eigenvalue weighted by molar-refractivity contribution is -0.119. The van der Waals surface area contributed by atoms with Gasteiger partial charge in [-0.2, -0.15) is 0 Å². The number of methoxy groups -OCH3 is 2. The lowest BCUT2D eigenvalue weighted by Crippen LogP contribution is -2.28. The number of nitrogens with zero attached hydrogens (tertiary/aromatic N) is 3. The van der Waals surface area contributed by atoms with Crippen molar-refractivity contribution in [3.63, 3.8) is 0 Å². The smallest absolute Gasteiger partial charge is 0.230 e. The molecule has 0 aliphatic carbocycles. The molecule has 3 rings (SSSR count). The van der Waals surface area contributed by atoms with E-state index in [1.807, 2.05) is 25.1 Å². The van der Waals surface area contributed by atoms with E-state index in [1.165, 1.54) is 18.2 Å². The number of hydrogen-bond donors (Lipinski definition) is 1. The van der Waals surface area contributed by atoms with Crippen molar-refractivity contribution in [2.75, 3.05) is 20.0 Å². The topological polar surface area (TPSA) is 78.3 Å². The van der Waals surface area contributed by atoms with Crippen molar-refractivity contribution in [3.8, 4) is 11.5 Å². The first kappa shape index (κ1) is 19.5. The Kier molecular flexibility index (Phi) is 6.60. The Balaban J connectivity index is 1.60. The molecular formula is C19H26N4O3S. The van der Waals surface area contributed by atoms with Crippen LogP contribution in [0.25, 0.3) is 0 Å². The molecule has 8 heteroatoms.